The molecule has 1 heterocycles. The third-order valence-electron chi connectivity index (χ3n) is 2.95. The van der Waals surface area contributed by atoms with Gasteiger partial charge in [-0.2, -0.15) is 0 Å². The van der Waals surface area contributed by atoms with E-state index >= 15 is 0 Å². The number of rotatable bonds is 5. The van der Waals surface area contributed by atoms with E-state index in [0.717, 1.165) is 35.4 Å². The Morgan fingerprint density at radius 3 is 3.11 bits per heavy atom. The van der Waals surface area contributed by atoms with Crippen LogP contribution in [0.3, 0.4) is 0 Å². The highest BCUT2D eigenvalue weighted by molar-refractivity contribution is 9.10. The molecule has 4 nitrogen and oxygen atoms in total. The molecular formula is C13H17BrN2O2. The monoisotopic (exact) mass is 312 g/mol. The van der Waals surface area contributed by atoms with E-state index in [4.69, 9.17) is 4.74 Å². The van der Waals surface area contributed by atoms with Crippen LogP contribution in [0, 0.1) is 0 Å². The maximum Gasteiger partial charge on any atom is 0.221 e. The molecule has 0 radical (unpaired) electrons. The topological polar surface area (TPSA) is 50.4 Å². The van der Waals surface area contributed by atoms with Gasteiger partial charge in [-0.25, -0.2) is 0 Å². The number of halogens is 1. The molecule has 0 unspecified atom stereocenters. The number of hydrogen-bond acceptors (Lipinski definition) is 3. The van der Waals surface area contributed by atoms with E-state index in [2.05, 4.69) is 38.7 Å². The van der Waals surface area contributed by atoms with E-state index < -0.39 is 0 Å². The van der Waals surface area contributed by atoms with Gasteiger partial charge in [0.2, 0.25) is 5.91 Å². The molecule has 1 aliphatic heterocycles. The summed E-state index contributed by atoms with van der Waals surface area (Å²) < 4.78 is 6.72. The molecule has 1 aliphatic rings. The van der Waals surface area contributed by atoms with Crippen molar-refractivity contribution in [2.75, 3.05) is 20.2 Å². The lowest BCUT2D eigenvalue weighted by Gasteiger charge is -2.10. The van der Waals surface area contributed by atoms with Crippen molar-refractivity contribution in [2.45, 2.75) is 19.4 Å². The first-order valence-electron chi connectivity index (χ1n) is 6.06. The summed E-state index contributed by atoms with van der Waals surface area (Å²) >= 11 is 3.51. The Balaban J connectivity index is 1.92. The Bertz CT molecular complexity index is 449. The quantitative estimate of drug-likeness (QED) is 0.812. The molecule has 18 heavy (non-hydrogen) atoms. The van der Waals surface area contributed by atoms with Crippen molar-refractivity contribution in [2.24, 2.45) is 0 Å². The summed E-state index contributed by atoms with van der Waals surface area (Å²) in [5.41, 5.74) is 2.40. The number of benzene rings is 1. The van der Waals surface area contributed by atoms with Crippen LogP contribution in [-0.4, -0.2) is 26.1 Å². The van der Waals surface area contributed by atoms with Gasteiger partial charge in [-0.3, -0.25) is 4.79 Å². The van der Waals surface area contributed by atoms with Gasteiger partial charge in [-0.1, -0.05) is 15.9 Å². The maximum atomic E-state index is 11.1. The lowest BCUT2D eigenvalue weighted by Crippen LogP contribution is -2.24. The highest BCUT2D eigenvalue weighted by Gasteiger charge is 2.16. The molecule has 0 fully saturated rings. The Morgan fingerprint density at radius 1 is 1.50 bits per heavy atom. The smallest absolute Gasteiger partial charge is 0.221 e. The lowest BCUT2D eigenvalue weighted by molar-refractivity contribution is -0.120. The zero-order valence-electron chi connectivity index (χ0n) is 10.4. The summed E-state index contributed by atoms with van der Waals surface area (Å²) in [6, 6.07) is 4.17. The van der Waals surface area contributed by atoms with Crippen LogP contribution in [0.2, 0.25) is 0 Å². The number of amides is 1. The van der Waals surface area contributed by atoms with Crippen molar-refractivity contribution in [1.82, 2.24) is 10.6 Å². The van der Waals surface area contributed by atoms with E-state index in [-0.39, 0.29) is 5.91 Å². The van der Waals surface area contributed by atoms with Crippen LogP contribution >= 0.6 is 15.9 Å². The first-order valence-corrected chi connectivity index (χ1v) is 6.85. The molecule has 2 N–H and O–H groups in total. The van der Waals surface area contributed by atoms with Crippen molar-refractivity contribution < 1.29 is 9.53 Å². The fourth-order valence-electron chi connectivity index (χ4n) is 2.03. The Hall–Kier alpha value is -1.07. The maximum absolute atomic E-state index is 11.1. The Morgan fingerprint density at radius 2 is 2.33 bits per heavy atom. The number of carbonyl (C=O) groups is 1. The fourth-order valence-corrected chi connectivity index (χ4v) is 2.58. The lowest BCUT2D eigenvalue weighted by atomic mass is 10.1. The molecule has 0 bridgehead atoms. The molecule has 0 saturated carbocycles. The van der Waals surface area contributed by atoms with Crippen LogP contribution in [0.15, 0.2) is 16.6 Å². The summed E-state index contributed by atoms with van der Waals surface area (Å²) in [7, 11) is 1.65. The normalized spacial score (nSPS) is 13.0. The number of carbonyl (C=O) groups excluding carboxylic acids is 1. The Labute approximate surface area is 115 Å². The molecular weight excluding hydrogens is 296 g/mol. The first-order chi connectivity index (χ1) is 8.70. The molecule has 1 amide bonds. The molecule has 0 saturated heterocycles. The Kier molecular flexibility index (Phi) is 4.60. The van der Waals surface area contributed by atoms with Crippen molar-refractivity contribution in [3.8, 4) is 5.75 Å². The van der Waals surface area contributed by atoms with Gasteiger partial charge >= 0.3 is 0 Å². The van der Waals surface area contributed by atoms with Crippen LogP contribution in [0.4, 0.5) is 0 Å². The summed E-state index contributed by atoms with van der Waals surface area (Å²) in [4.78, 5) is 11.1. The SMILES string of the molecule is CNC(=O)CCNCc1cc(Br)cc2c1OCC2. The van der Waals surface area contributed by atoms with Crippen molar-refractivity contribution in [3.05, 3.63) is 27.7 Å². The number of fused-ring (bicyclic) bond motifs is 1. The molecule has 0 spiro atoms. The van der Waals surface area contributed by atoms with E-state index in [1.54, 1.807) is 7.05 Å². The number of hydrogen-bond donors (Lipinski definition) is 2. The van der Waals surface area contributed by atoms with Crippen LogP contribution in [0.1, 0.15) is 17.5 Å². The standard InChI is InChI=1S/C13H17BrN2O2/c1-15-12(17)2-4-16-8-10-7-11(14)6-9-3-5-18-13(9)10/h6-7,16H,2-5,8H2,1H3,(H,15,17). The summed E-state index contributed by atoms with van der Waals surface area (Å²) in [5.74, 6) is 1.06. The summed E-state index contributed by atoms with van der Waals surface area (Å²) in [6.07, 6.45) is 1.47. The third kappa shape index (κ3) is 3.23. The minimum absolute atomic E-state index is 0.0539. The van der Waals surface area contributed by atoms with Gasteiger partial charge in [-0.15, -0.1) is 0 Å². The third-order valence-corrected chi connectivity index (χ3v) is 3.41. The van der Waals surface area contributed by atoms with E-state index in [1.165, 1.54) is 5.56 Å². The first kappa shape index (κ1) is 13.4. The second-order valence-corrected chi connectivity index (χ2v) is 5.17. The molecule has 0 aliphatic carbocycles. The van der Waals surface area contributed by atoms with Gasteiger partial charge in [-0.05, 0) is 17.7 Å². The molecule has 0 aromatic heterocycles. The van der Waals surface area contributed by atoms with Gasteiger partial charge in [0.25, 0.3) is 0 Å². The highest BCUT2D eigenvalue weighted by atomic mass is 79.9. The number of ether oxygens (including phenoxy) is 1. The zero-order valence-corrected chi connectivity index (χ0v) is 12.0. The van der Waals surface area contributed by atoms with Gasteiger partial charge in [0, 0.05) is 43.0 Å². The molecule has 98 valence electrons. The van der Waals surface area contributed by atoms with Crippen molar-refractivity contribution in [3.63, 3.8) is 0 Å². The molecule has 2 rings (SSSR count). The average molecular weight is 313 g/mol. The average Bonchev–Trinajstić information content (AvgIpc) is 2.81. The second kappa shape index (κ2) is 6.20. The molecule has 0 atom stereocenters. The minimum atomic E-state index is 0.0539. The van der Waals surface area contributed by atoms with Gasteiger partial charge in [0.15, 0.2) is 0 Å². The predicted octanol–water partition coefficient (Wildman–Crippen LogP) is 1.61. The minimum Gasteiger partial charge on any atom is -0.493 e. The van der Waals surface area contributed by atoms with Crippen molar-refractivity contribution in [1.29, 1.82) is 0 Å². The van der Waals surface area contributed by atoms with Crippen molar-refractivity contribution >= 4 is 21.8 Å². The van der Waals surface area contributed by atoms with E-state index in [9.17, 15) is 4.79 Å². The van der Waals surface area contributed by atoms with Gasteiger partial charge in [0.1, 0.15) is 5.75 Å². The fraction of sp³-hybridized carbons (Fsp3) is 0.462. The molecule has 5 heteroatoms. The van der Waals surface area contributed by atoms with Gasteiger partial charge in [0.05, 0.1) is 6.61 Å². The predicted molar refractivity (Wildman–Crippen MR) is 73.7 cm³/mol. The van der Waals surface area contributed by atoms with Crippen LogP contribution in [-0.2, 0) is 17.8 Å². The van der Waals surface area contributed by atoms with Crippen LogP contribution < -0.4 is 15.4 Å². The van der Waals surface area contributed by atoms with E-state index in [1.807, 2.05) is 0 Å². The van der Waals surface area contributed by atoms with E-state index in [0.29, 0.717) is 13.0 Å². The molecule has 1 aromatic carbocycles. The largest absolute Gasteiger partial charge is 0.493 e. The van der Waals surface area contributed by atoms with Gasteiger partial charge < -0.3 is 15.4 Å². The second-order valence-electron chi connectivity index (χ2n) is 4.25. The highest BCUT2D eigenvalue weighted by Crippen LogP contribution is 2.32. The molecule has 1 aromatic rings. The van der Waals surface area contributed by atoms with Crippen LogP contribution in [0.5, 0.6) is 5.75 Å². The summed E-state index contributed by atoms with van der Waals surface area (Å²) in [6.45, 7) is 2.15. The van der Waals surface area contributed by atoms with Crippen LogP contribution in [0.25, 0.3) is 0 Å². The zero-order chi connectivity index (χ0) is 13.0. The number of nitrogens with one attached hydrogen (secondary N) is 2. The summed E-state index contributed by atoms with van der Waals surface area (Å²) in [5, 5.41) is 5.87.